The zero-order valence-corrected chi connectivity index (χ0v) is 10.2. The van der Waals surface area contributed by atoms with Crippen LogP contribution in [-0.2, 0) is 0 Å². The Labute approximate surface area is 102 Å². The number of halogens is 1. The fourth-order valence-corrected chi connectivity index (χ4v) is 1.82. The smallest absolute Gasteiger partial charge is 0.144 e. The normalized spacial score (nSPS) is 9.81. The second kappa shape index (κ2) is 4.42. The van der Waals surface area contributed by atoms with Gasteiger partial charge in [0.2, 0.25) is 0 Å². The maximum atomic E-state index is 8.84. The Bertz CT molecular complexity index is 573. The summed E-state index contributed by atoms with van der Waals surface area (Å²) >= 11 is 3.41. The largest absolute Gasteiger partial charge is 0.233 e. The Morgan fingerprint density at radius 2 is 2.06 bits per heavy atom. The molecule has 0 fully saturated rings. The molecule has 16 heavy (non-hydrogen) atoms. The molecular formula is C12H8BrN3. The molecule has 2 aromatic rings. The van der Waals surface area contributed by atoms with Crippen molar-refractivity contribution in [1.82, 2.24) is 9.97 Å². The van der Waals surface area contributed by atoms with E-state index in [0.29, 0.717) is 11.5 Å². The van der Waals surface area contributed by atoms with Gasteiger partial charge in [0.05, 0.1) is 5.69 Å². The lowest BCUT2D eigenvalue weighted by atomic mass is 10.1. The SMILES string of the molecule is Cc1nc(C#N)cc(-c2cccc(Br)c2)n1. The van der Waals surface area contributed by atoms with Crippen LogP contribution in [0.4, 0.5) is 0 Å². The van der Waals surface area contributed by atoms with Gasteiger partial charge in [0, 0.05) is 16.1 Å². The average molecular weight is 274 g/mol. The molecule has 78 valence electrons. The van der Waals surface area contributed by atoms with Crippen LogP contribution in [0.3, 0.4) is 0 Å². The molecule has 0 saturated carbocycles. The van der Waals surface area contributed by atoms with Gasteiger partial charge in [0.15, 0.2) is 0 Å². The summed E-state index contributed by atoms with van der Waals surface area (Å²) < 4.78 is 0.986. The number of nitriles is 1. The number of aromatic nitrogens is 2. The molecule has 0 spiro atoms. The van der Waals surface area contributed by atoms with Crippen molar-refractivity contribution in [3.05, 3.63) is 46.3 Å². The number of rotatable bonds is 1. The monoisotopic (exact) mass is 273 g/mol. The van der Waals surface area contributed by atoms with Gasteiger partial charge < -0.3 is 0 Å². The first kappa shape index (κ1) is 10.8. The number of nitrogens with zero attached hydrogens (tertiary/aromatic N) is 3. The van der Waals surface area contributed by atoms with E-state index >= 15 is 0 Å². The summed E-state index contributed by atoms with van der Waals surface area (Å²) in [5.74, 6) is 0.606. The minimum absolute atomic E-state index is 0.391. The van der Waals surface area contributed by atoms with Gasteiger partial charge in [0.25, 0.3) is 0 Å². The van der Waals surface area contributed by atoms with E-state index in [1.807, 2.05) is 30.3 Å². The van der Waals surface area contributed by atoms with Crippen LogP contribution in [0.2, 0.25) is 0 Å². The van der Waals surface area contributed by atoms with Gasteiger partial charge in [-0.25, -0.2) is 9.97 Å². The van der Waals surface area contributed by atoms with Crippen LogP contribution in [0.25, 0.3) is 11.3 Å². The van der Waals surface area contributed by atoms with Gasteiger partial charge in [0.1, 0.15) is 17.6 Å². The summed E-state index contributed by atoms with van der Waals surface area (Å²) in [5, 5.41) is 8.84. The molecule has 1 heterocycles. The zero-order chi connectivity index (χ0) is 11.5. The predicted octanol–water partition coefficient (Wildman–Crippen LogP) is 3.09. The minimum atomic E-state index is 0.391. The zero-order valence-electron chi connectivity index (χ0n) is 8.61. The summed E-state index contributed by atoms with van der Waals surface area (Å²) in [5.41, 5.74) is 2.13. The lowest BCUT2D eigenvalue weighted by Gasteiger charge is -2.02. The van der Waals surface area contributed by atoms with Crippen molar-refractivity contribution in [2.45, 2.75) is 6.92 Å². The van der Waals surface area contributed by atoms with E-state index in [-0.39, 0.29) is 0 Å². The van der Waals surface area contributed by atoms with Gasteiger partial charge in [-0.15, -0.1) is 0 Å². The average Bonchev–Trinajstić information content (AvgIpc) is 2.28. The Balaban J connectivity index is 2.56. The third kappa shape index (κ3) is 2.26. The fraction of sp³-hybridized carbons (Fsp3) is 0.0833. The number of aryl methyl sites for hydroxylation is 1. The Morgan fingerprint density at radius 3 is 2.75 bits per heavy atom. The van der Waals surface area contributed by atoms with E-state index in [1.165, 1.54) is 0 Å². The van der Waals surface area contributed by atoms with Crippen LogP contribution in [-0.4, -0.2) is 9.97 Å². The van der Waals surface area contributed by atoms with Crippen LogP contribution in [0.5, 0.6) is 0 Å². The predicted molar refractivity (Wildman–Crippen MR) is 64.6 cm³/mol. The van der Waals surface area contributed by atoms with Crippen LogP contribution in [0, 0.1) is 18.3 Å². The molecule has 0 saturated heterocycles. The van der Waals surface area contributed by atoms with Gasteiger partial charge >= 0.3 is 0 Å². The molecule has 1 aromatic heterocycles. The molecule has 0 N–H and O–H groups in total. The molecule has 2 rings (SSSR count). The molecule has 0 bridgehead atoms. The van der Waals surface area contributed by atoms with E-state index in [4.69, 9.17) is 5.26 Å². The molecule has 0 unspecified atom stereocenters. The van der Waals surface area contributed by atoms with Crippen molar-refractivity contribution < 1.29 is 0 Å². The van der Waals surface area contributed by atoms with Crippen LogP contribution < -0.4 is 0 Å². The van der Waals surface area contributed by atoms with Crippen LogP contribution >= 0.6 is 15.9 Å². The van der Waals surface area contributed by atoms with E-state index in [2.05, 4.69) is 25.9 Å². The van der Waals surface area contributed by atoms with Crippen molar-refractivity contribution in [1.29, 1.82) is 5.26 Å². The number of hydrogen-bond donors (Lipinski definition) is 0. The lowest BCUT2D eigenvalue weighted by molar-refractivity contribution is 1.04. The van der Waals surface area contributed by atoms with Crippen molar-refractivity contribution in [3.63, 3.8) is 0 Å². The summed E-state index contributed by atoms with van der Waals surface area (Å²) in [6.45, 7) is 1.78. The second-order valence-corrected chi connectivity index (χ2v) is 4.22. The van der Waals surface area contributed by atoms with Crippen LogP contribution in [0.15, 0.2) is 34.8 Å². The van der Waals surface area contributed by atoms with Gasteiger partial charge in [-0.2, -0.15) is 5.26 Å². The first-order valence-corrected chi connectivity index (χ1v) is 5.50. The van der Waals surface area contributed by atoms with E-state index in [9.17, 15) is 0 Å². The molecular weight excluding hydrogens is 266 g/mol. The topological polar surface area (TPSA) is 49.6 Å². The molecule has 4 heteroatoms. The highest BCUT2D eigenvalue weighted by molar-refractivity contribution is 9.10. The highest BCUT2D eigenvalue weighted by Crippen LogP contribution is 2.21. The summed E-state index contributed by atoms with van der Waals surface area (Å²) in [6, 6.07) is 11.5. The third-order valence-electron chi connectivity index (χ3n) is 2.07. The molecule has 0 aliphatic heterocycles. The lowest BCUT2D eigenvalue weighted by Crippen LogP contribution is -1.94. The third-order valence-corrected chi connectivity index (χ3v) is 2.57. The highest BCUT2D eigenvalue weighted by Gasteiger charge is 2.04. The maximum Gasteiger partial charge on any atom is 0.144 e. The van der Waals surface area contributed by atoms with E-state index < -0.39 is 0 Å². The van der Waals surface area contributed by atoms with E-state index in [0.717, 1.165) is 15.7 Å². The molecule has 0 aliphatic carbocycles. The summed E-state index contributed by atoms with van der Waals surface area (Å²) in [6.07, 6.45) is 0. The standard InChI is InChI=1S/C12H8BrN3/c1-8-15-11(7-14)6-12(16-8)9-3-2-4-10(13)5-9/h2-6H,1H3. The molecule has 0 radical (unpaired) electrons. The van der Waals surface area contributed by atoms with Crippen molar-refractivity contribution in [2.24, 2.45) is 0 Å². The Morgan fingerprint density at radius 1 is 1.25 bits per heavy atom. The molecule has 3 nitrogen and oxygen atoms in total. The van der Waals surface area contributed by atoms with E-state index in [1.54, 1.807) is 13.0 Å². The Hall–Kier alpha value is -1.73. The van der Waals surface area contributed by atoms with Crippen LogP contribution in [0.1, 0.15) is 11.5 Å². The first-order valence-electron chi connectivity index (χ1n) is 4.71. The second-order valence-electron chi connectivity index (χ2n) is 3.31. The number of benzene rings is 1. The summed E-state index contributed by atoms with van der Waals surface area (Å²) in [4.78, 5) is 8.33. The number of hydrogen-bond acceptors (Lipinski definition) is 3. The quantitative estimate of drug-likeness (QED) is 0.802. The first-order chi connectivity index (χ1) is 7.69. The van der Waals surface area contributed by atoms with Gasteiger partial charge in [-0.3, -0.25) is 0 Å². The van der Waals surface area contributed by atoms with Crippen molar-refractivity contribution >= 4 is 15.9 Å². The van der Waals surface area contributed by atoms with Crippen molar-refractivity contribution in [2.75, 3.05) is 0 Å². The molecule has 0 amide bonds. The Kier molecular flexibility index (Phi) is 2.97. The summed E-state index contributed by atoms with van der Waals surface area (Å²) in [7, 11) is 0. The minimum Gasteiger partial charge on any atom is -0.233 e. The molecule has 1 aromatic carbocycles. The maximum absolute atomic E-state index is 8.84. The van der Waals surface area contributed by atoms with Gasteiger partial charge in [-0.1, -0.05) is 28.1 Å². The van der Waals surface area contributed by atoms with Crippen molar-refractivity contribution in [3.8, 4) is 17.3 Å². The molecule has 0 atom stereocenters. The van der Waals surface area contributed by atoms with Gasteiger partial charge in [-0.05, 0) is 19.1 Å². The fourth-order valence-electron chi connectivity index (χ4n) is 1.42. The molecule has 0 aliphatic rings. The highest BCUT2D eigenvalue weighted by atomic mass is 79.9.